The summed E-state index contributed by atoms with van der Waals surface area (Å²) in [6.07, 6.45) is 2.73. The predicted octanol–water partition coefficient (Wildman–Crippen LogP) is 4.79. The third-order valence-electron chi connectivity index (χ3n) is 3.86. The van der Waals surface area contributed by atoms with Crippen LogP contribution in [0, 0.1) is 0 Å². The van der Waals surface area contributed by atoms with Crippen molar-refractivity contribution < 1.29 is 0 Å². The van der Waals surface area contributed by atoms with E-state index < -0.39 is 0 Å². The molecule has 1 aromatic heterocycles. The fraction of sp³-hybridized carbons (Fsp3) is 0.412. The summed E-state index contributed by atoms with van der Waals surface area (Å²) >= 11 is 3.98. The van der Waals surface area contributed by atoms with Gasteiger partial charge in [-0.3, -0.25) is 0 Å². The standard InChI is InChI=1S/C17H21NS2/c1-17(8-5-9-20-17)13-18-11-16-10-15(12-19-16)14-6-3-2-4-7-14/h2-4,6-7,10,12,18H,5,8-9,11,13H2,1H3. The number of benzene rings is 1. The van der Waals surface area contributed by atoms with Crippen LogP contribution in [0.1, 0.15) is 24.6 Å². The lowest BCUT2D eigenvalue weighted by atomic mass is 10.1. The van der Waals surface area contributed by atoms with Gasteiger partial charge in [0.05, 0.1) is 0 Å². The number of nitrogens with one attached hydrogen (secondary N) is 1. The van der Waals surface area contributed by atoms with Gasteiger partial charge >= 0.3 is 0 Å². The summed E-state index contributed by atoms with van der Waals surface area (Å²) in [4.78, 5) is 1.43. The van der Waals surface area contributed by atoms with E-state index in [2.05, 4.69) is 65.8 Å². The molecule has 3 heteroatoms. The molecule has 1 atom stereocenters. The Labute approximate surface area is 129 Å². The Morgan fingerprint density at radius 1 is 1.20 bits per heavy atom. The highest BCUT2D eigenvalue weighted by Gasteiger charge is 2.28. The third kappa shape index (κ3) is 3.46. The summed E-state index contributed by atoms with van der Waals surface area (Å²) in [5, 5.41) is 5.90. The van der Waals surface area contributed by atoms with Gasteiger partial charge in [-0.2, -0.15) is 11.8 Å². The second kappa shape index (κ2) is 6.33. The lowest BCUT2D eigenvalue weighted by molar-refractivity contribution is 0.539. The van der Waals surface area contributed by atoms with Crippen molar-refractivity contribution in [1.29, 1.82) is 0 Å². The molecule has 1 saturated heterocycles. The maximum Gasteiger partial charge on any atom is 0.0300 e. The van der Waals surface area contributed by atoms with Crippen molar-refractivity contribution in [2.75, 3.05) is 12.3 Å². The number of thiophene rings is 1. The third-order valence-corrected chi connectivity index (χ3v) is 6.33. The van der Waals surface area contributed by atoms with E-state index in [9.17, 15) is 0 Å². The molecule has 1 nitrogen and oxygen atoms in total. The molecule has 0 saturated carbocycles. The molecule has 1 aliphatic rings. The Morgan fingerprint density at radius 2 is 2.05 bits per heavy atom. The highest BCUT2D eigenvalue weighted by molar-refractivity contribution is 8.00. The maximum atomic E-state index is 3.64. The largest absolute Gasteiger partial charge is 0.310 e. The summed E-state index contributed by atoms with van der Waals surface area (Å²) in [5.74, 6) is 1.33. The molecule has 0 amide bonds. The molecule has 0 spiro atoms. The minimum Gasteiger partial charge on any atom is -0.310 e. The number of thioether (sulfide) groups is 1. The second-order valence-electron chi connectivity index (χ2n) is 5.67. The molecular formula is C17H21NS2. The highest BCUT2D eigenvalue weighted by atomic mass is 32.2. The van der Waals surface area contributed by atoms with Gasteiger partial charge in [-0.05, 0) is 48.1 Å². The molecule has 106 valence electrons. The number of hydrogen-bond acceptors (Lipinski definition) is 3. The summed E-state index contributed by atoms with van der Waals surface area (Å²) < 4.78 is 0.458. The van der Waals surface area contributed by atoms with Gasteiger partial charge in [-0.1, -0.05) is 30.3 Å². The van der Waals surface area contributed by atoms with Crippen molar-refractivity contribution >= 4 is 23.1 Å². The van der Waals surface area contributed by atoms with Crippen LogP contribution < -0.4 is 5.32 Å². The van der Waals surface area contributed by atoms with Crippen LogP contribution in [0.15, 0.2) is 41.8 Å². The van der Waals surface area contributed by atoms with Crippen molar-refractivity contribution in [2.45, 2.75) is 31.1 Å². The molecule has 1 fully saturated rings. The molecule has 3 rings (SSSR count). The lowest BCUT2D eigenvalue weighted by Gasteiger charge is -2.22. The van der Waals surface area contributed by atoms with Crippen LogP contribution in [-0.4, -0.2) is 17.0 Å². The Hall–Kier alpha value is -0.770. The molecule has 2 heterocycles. The van der Waals surface area contributed by atoms with Gasteiger partial charge < -0.3 is 5.32 Å². The van der Waals surface area contributed by atoms with Crippen molar-refractivity contribution in [3.05, 3.63) is 46.7 Å². The number of rotatable bonds is 5. The topological polar surface area (TPSA) is 12.0 Å². The average molecular weight is 303 g/mol. The average Bonchev–Trinajstić information content (AvgIpc) is 3.10. The van der Waals surface area contributed by atoms with Gasteiger partial charge in [0.15, 0.2) is 0 Å². The van der Waals surface area contributed by atoms with Gasteiger partial charge in [0, 0.05) is 22.7 Å². The Bertz CT molecular complexity index is 541. The van der Waals surface area contributed by atoms with E-state index in [0.717, 1.165) is 13.1 Å². The van der Waals surface area contributed by atoms with Gasteiger partial charge in [0.25, 0.3) is 0 Å². The molecule has 1 N–H and O–H groups in total. The normalized spacial score (nSPS) is 22.2. The fourth-order valence-electron chi connectivity index (χ4n) is 2.68. The molecule has 1 aliphatic heterocycles. The first-order valence-electron chi connectivity index (χ1n) is 7.23. The minimum atomic E-state index is 0.458. The Kier molecular flexibility index (Phi) is 4.49. The molecule has 20 heavy (non-hydrogen) atoms. The van der Waals surface area contributed by atoms with Crippen LogP contribution in [0.2, 0.25) is 0 Å². The Balaban J connectivity index is 1.55. The molecule has 0 bridgehead atoms. The van der Waals surface area contributed by atoms with Crippen LogP contribution in [0.4, 0.5) is 0 Å². The monoisotopic (exact) mass is 303 g/mol. The van der Waals surface area contributed by atoms with Gasteiger partial charge in [0.2, 0.25) is 0 Å². The summed E-state index contributed by atoms with van der Waals surface area (Å²) in [6.45, 7) is 4.51. The summed E-state index contributed by atoms with van der Waals surface area (Å²) in [5.41, 5.74) is 2.65. The first-order valence-corrected chi connectivity index (χ1v) is 9.09. The van der Waals surface area contributed by atoms with Crippen molar-refractivity contribution in [1.82, 2.24) is 5.32 Å². The predicted molar refractivity (Wildman–Crippen MR) is 91.6 cm³/mol. The van der Waals surface area contributed by atoms with Crippen LogP contribution in [-0.2, 0) is 6.54 Å². The molecule has 1 aromatic carbocycles. The fourth-order valence-corrected chi connectivity index (χ4v) is 4.82. The molecule has 0 aliphatic carbocycles. The van der Waals surface area contributed by atoms with E-state index in [4.69, 9.17) is 0 Å². The first kappa shape index (κ1) is 14.2. The van der Waals surface area contributed by atoms with Crippen LogP contribution >= 0.6 is 23.1 Å². The molecule has 2 aromatic rings. The van der Waals surface area contributed by atoms with Crippen LogP contribution in [0.25, 0.3) is 11.1 Å². The highest BCUT2D eigenvalue weighted by Crippen LogP contribution is 2.37. The lowest BCUT2D eigenvalue weighted by Crippen LogP contribution is -2.32. The van der Waals surface area contributed by atoms with Crippen LogP contribution in [0.3, 0.4) is 0 Å². The summed E-state index contributed by atoms with van der Waals surface area (Å²) in [6, 6.07) is 12.9. The smallest absolute Gasteiger partial charge is 0.0300 e. The van der Waals surface area contributed by atoms with Gasteiger partial charge in [-0.25, -0.2) is 0 Å². The van der Waals surface area contributed by atoms with E-state index in [0.29, 0.717) is 4.75 Å². The number of hydrogen-bond donors (Lipinski definition) is 1. The van der Waals surface area contributed by atoms with Crippen molar-refractivity contribution in [3.8, 4) is 11.1 Å². The van der Waals surface area contributed by atoms with E-state index in [1.54, 1.807) is 0 Å². The maximum absolute atomic E-state index is 3.64. The van der Waals surface area contributed by atoms with Crippen molar-refractivity contribution in [3.63, 3.8) is 0 Å². The molecule has 0 radical (unpaired) electrons. The zero-order valence-electron chi connectivity index (χ0n) is 11.9. The SMILES string of the molecule is CC1(CNCc2cc(-c3ccccc3)cs2)CCCS1. The summed E-state index contributed by atoms with van der Waals surface area (Å²) in [7, 11) is 0. The van der Waals surface area contributed by atoms with E-state index in [-0.39, 0.29) is 0 Å². The van der Waals surface area contributed by atoms with Crippen LogP contribution in [0.5, 0.6) is 0 Å². The first-order chi connectivity index (χ1) is 9.75. The van der Waals surface area contributed by atoms with E-state index in [1.165, 1.54) is 34.6 Å². The molecular weight excluding hydrogens is 282 g/mol. The van der Waals surface area contributed by atoms with E-state index >= 15 is 0 Å². The molecule has 1 unspecified atom stereocenters. The van der Waals surface area contributed by atoms with E-state index in [1.807, 2.05) is 11.3 Å². The minimum absolute atomic E-state index is 0.458. The second-order valence-corrected chi connectivity index (χ2v) is 8.35. The van der Waals surface area contributed by atoms with Gasteiger partial charge in [0.1, 0.15) is 0 Å². The zero-order valence-corrected chi connectivity index (χ0v) is 13.5. The Morgan fingerprint density at radius 3 is 2.80 bits per heavy atom. The van der Waals surface area contributed by atoms with Crippen molar-refractivity contribution in [2.24, 2.45) is 0 Å². The zero-order chi connectivity index (χ0) is 13.8. The quantitative estimate of drug-likeness (QED) is 0.852. The van der Waals surface area contributed by atoms with Gasteiger partial charge in [-0.15, -0.1) is 11.3 Å².